The van der Waals surface area contributed by atoms with Crippen molar-refractivity contribution in [3.8, 4) is 0 Å². The van der Waals surface area contributed by atoms with Crippen LogP contribution in [-0.2, 0) is 66.7 Å². The van der Waals surface area contributed by atoms with Gasteiger partial charge >= 0.3 is 125 Å². The van der Waals surface area contributed by atoms with Crippen molar-refractivity contribution in [2.45, 2.75) is 347 Å². The summed E-state index contributed by atoms with van der Waals surface area (Å²) in [6.45, 7) is 94.5. The quantitative estimate of drug-likeness (QED) is 0.214. The molecule has 14 aliphatic rings. The van der Waals surface area contributed by atoms with Gasteiger partial charge in [0.15, 0.2) is 0 Å². The van der Waals surface area contributed by atoms with Crippen molar-refractivity contribution in [3.63, 3.8) is 0 Å². The fourth-order valence-electron chi connectivity index (χ4n) is 29.5. The van der Waals surface area contributed by atoms with Crippen LogP contribution in [0, 0.1) is 207 Å². The molecule has 710 valence electrons. The summed E-state index contributed by atoms with van der Waals surface area (Å²) >= 11 is -4.94. The second-order valence-corrected chi connectivity index (χ2v) is 71.8. The van der Waals surface area contributed by atoms with Crippen LogP contribution in [0.4, 0.5) is 0 Å². The number of fused-ring (bicyclic) bond motifs is 6. The predicted molar refractivity (Wildman–Crippen MR) is 549 cm³/mol. The van der Waals surface area contributed by atoms with Gasteiger partial charge in [0.25, 0.3) is 0 Å². The molecule has 0 radical (unpaired) electrons. The zero-order valence-electron chi connectivity index (χ0n) is 86.3. The Bertz CT molecular complexity index is 3540. The van der Waals surface area contributed by atoms with Crippen molar-refractivity contribution in [1.29, 1.82) is 0 Å². The number of hydrogen-bond donors (Lipinski definition) is 0. The molecular formula is C111H186Cl8O2Zr3. The first kappa shape index (κ1) is 122. The minimum absolute atomic E-state index is 0. The molecule has 2 nitrogen and oxygen atoms in total. The van der Waals surface area contributed by atoms with E-state index in [4.69, 9.17) is 77.6 Å². The fraction of sp³-hybridized carbons (Fsp3) is 0.748. The van der Waals surface area contributed by atoms with Crippen molar-refractivity contribution >= 4 is 68.1 Å². The molecule has 0 N–H and O–H groups in total. The standard InChI is InChI=1S/2C32H50.2C17H28.C8H14O2.CH4.4CH3.8ClH.3Zr/c2*1-15-17(3)23(9)31-27(19(5)25(11)29(31)21(15)7)13-14-28-20(6)26(12)30-22(8)16(2)18(4)24(10)32(28)30;2*1-8-15-11(4)14(7)16-12(5)9(2)10(3)13(6)17(15)16;1-3-7(9-5-1)8-4-2-6-10-8;;;;;;;;;;;;;;;;/h2*19-20,25-32H,13-14H2,1-12H3;2*11,14-17H,8H2,1-7H3;7-8H,1-6H2;1H4;4*1H3;8*1H;;;/q;;;;;;4*-1;;;;;;;;;3*+4/p-8. The predicted octanol–water partition coefficient (Wildman–Crippen LogP) is 38.5. The average molecular weight is 2110 g/mol. The van der Waals surface area contributed by atoms with E-state index in [0.717, 1.165) is 191 Å². The van der Waals surface area contributed by atoms with E-state index < -0.39 is 57.2 Å². The molecule has 0 bridgehead atoms. The molecule has 32 atom stereocenters. The Morgan fingerprint density at radius 1 is 0.242 bits per heavy atom. The van der Waals surface area contributed by atoms with Gasteiger partial charge in [-0.3, -0.25) is 0 Å². The summed E-state index contributed by atoms with van der Waals surface area (Å²) in [7, 11) is 39.9. The van der Waals surface area contributed by atoms with E-state index in [1.807, 2.05) is 0 Å². The van der Waals surface area contributed by atoms with Crippen LogP contribution in [0.1, 0.15) is 335 Å². The Labute approximate surface area is 826 Å². The topological polar surface area (TPSA) is 18.5 Å². The van der Waals surface area contributed by atoms with E-state index in [9.17, 15) is 0 Å². The van der Waals surface area contributed by atoms with Gasteiger partial charge < -0.3 is 39.2 Å². The third kappa shape index (κ3) is 24.9. The van der Waals surface area contributed by atoms with Gasteiger partial charge in [-0.1, -0.05) is 184 Å². The van der Waals surface area contributed by atoms with Crippen LogP contribution < -0.4 is 0 Å². The van der Waals surface area contributed by atoms with Gasteiger partial charge in [0, 0.05) is 13.2 Å². The Morgan fingerprint density at radius 2 is 0.363 bits per heavy atom. The van der Waals surface area contributed by atoms with E-state index in [0.29, 0.717) is 12.2 Å². The van der Waals surface area contributed by atoms with Crippen LogP contribution in [0.2, 0.25) is 0 Å². The molecule has 0 aromatic carbocycles. The number of halogens is 8. The van der Waals surface area contributed by atoms with Crippen LogP contribution in [0.3, 0.4) is 0 Å². The first-order chi connectivity index (χ1) is 55.4. The fourth-order valence-corrected chi connectivity index (χ4v) is 29.5. The van der Waals surface area contributed by atoms with Crippen LogP contribution in [0.5, 0.6) is 0 Å². The summed E-state index contributed by atoms with van der Waals surface area (Å²) in [5.74, 6) is 24.7. The van der Waals surface area contributed by atoms with Crippen molar-refractivity contribution < 1.29 is 66.7 Å². The van der Waals surface area contributed by atoms with Crippen molar-refractivity contribution in [1.82, 2.24) is 0 Å². The minimum atomic E-state index is -3.29. The van der Waals surface area contributed by atoms with Gasteiger partial charge in [-0.05, 0) is 462 Å². The molecule has 124 heavy (non-hydrogen) atoms. The van der Waals surface area contributed by atoms with E-state index in [1.165, 1.54) is 64.2 Å². The maximum atomic E-state index is 5.51. The van der Waals surface area contributed by atoms with E-state index >= 15 is 0 Å². The van der Waals surface area contributed by atoms with E-state index in [2.05, 4.69) is 263 Å². The maximum absolute atomic E-state index is 5.51. The third-order valence-electron chi connectivity index (χ3n) is 38.9. The molecule has 2 heterocycles. The summed E-state index contributed by atoms with van der Waals surface area (Å²) in [6, 6.07) is 0. The molecule has 14 rings (SSSR count). The summed E-state index contributed by atoms with van der Waals surface area (Å²) in [5.41, 5.74) is 39.3. The second-order valence-electron chi connectivity index (χ2n) is 41.9. The molecule has 32 unspecified atom stereocenters. The van der Waals surface area contributed by atoms with Crippen molar-refractivity contribution in [3.05, 3.63) is 163 Å². The Balaban J connectivity index is 0.000000525. The van der Waals surface area contributed by atoms with E-state index in [-0.39, 0.29) is 37.1 Å². The Morgan fingerprint density at radius 3 is 0.484 bits per heavy atom. The number of allylic oxidation sites excluding steroid dienone is 24. The molecule has 0 aromatic heterocycles. The van der Waals surface area contributed by atoms with Gasteiger partial charge in [0.2, 0.25) is 0 Å². The SMILES string of the molecule is C.C1COC(C2CCCO2)C1.CC1=C(C)C2C(C)C(C)C(CCC3C(C)C(C)C4C(C)=C(C)C(C)=C(C)C34)C2C(C)=C1C.CC1=C(C)C2C(C)C(C)C(CCC3C(C)C(C)C4C(C)=C(C)C(C)=C(C)C34)C2C(C)=C1C.CCC1C(C)C(C)C2C(C)=C(C)C(C)=C(C)C12.CCC1C(C)C(C)C2C(C)=C(C)C(C)=C(C)C12.[CH3-].[CH3-].[CH3-].[CH3-].[Cl][Zr+2][Cl].[Cl][Zr+2][Cl].[Cl][Zr]([Cl])([Cl])[Cl]. The normalized spacial score (nSPS) is 38.5. The summed E-state index contributed by atoms with van der Waals surface area (Å²) in [4.78, 5) is 0. The molecule has 2 aliphatic heterocycles. The summed E-state index contributed by atoms with van der Waals surface area (Å²) in [5, 5.41) is 0. The molecule has 13 heteroatoms. The first-order valence-corrected chi connectivity index (χ1v) is 72.8. The number of ether oxygens (including phenoxy) is 2. The zero-order valence-corrected chi connectivity index (χ0v) is 99.7. The third-order valence-corrected chi connectivity index (χ3v) is 38.9. The second kappa shape index (κ2) is 52.0. The van der Waals surface area contributed by atoms with Crippen LogP contribution in [0.15, 0.2) is 134 Å². The molecule has 0 spiro atoms. The Hall–Kier alpha value is 1.77. The number of hydrogen-bond acceptors (Lipinski definition) is 2. The van der Waals surface area contributed by atoms with Crippen LogP contribution in [-0.4, -0.2) is 25.4 Å². The Kier molecular flexibility index (Phi) is 51.1. The van der Waals surface area contributed by atoms with Crippen molar-refractivity contribution in [2.75, 3.05) is 13.2 Å². The van der Waals surface area contributed by atoms with Gasteiger partial charge in [-0.25, -0.2) is 0 Å². The van der Waals surface area contributed by atoms with Gasteiger partial charge in [0.05, 0.1) is 12.2 Å². The average Bonchev–Trinajstić information content (AvgIpc) is 1.59. The van der Waals surface area contributed by atoms with Crippen LogP contribution in [0.25, 0.3) is 0 Å². The summed E-state index contributed by atoms with van der Waals surface area (Å²) in [6.07, 6.45) is 14.1. The van der Waals surface area contributed by atoms with Gasteiger partial charge in [-0.2, -0.15) is 0 Å². The van der Waals surface area contributed by atoms with E-state index in [1.54, 1.807) is 134 Å². The first-order valence-electron chi connectivity index (χ1n) is 47.5. The number of rotatable bonds is 9. The van der Waals surface area contributed by atoms with Gasteiger partial charge in [-0.15, -0.1) is 0 Å². The molecule has 0 amide bonds. The molecule has 12 aliphatic carbocycles. The molecular weight excluding hydrogens is 1920 g/mol. The van der Waals surface area contributed by atoms with Crippen molar-refractivity contribution in [2.24, 2.45) is 178 Å². The zero-order chi connectivity index (χ0) is 90.1. The molecule has 0 aromatic rings. The monoisotopic (exact) mass is 2100 g/mol. The van der Waals surface area contributed by atoms with Crippen LogP contribution >= 0.6 is 68.1 Å². The molecule has 8 fully saturated rings. The molecule has 6 saturated carbocycles. The summed E-state index contributed by atoms with van der Waals surface area (Å²) < 4.78 is 11.0. The molecule has 2 saturated heterocycles. The van der Waals surface area contributed by atoms with Gasteiger partial charge in [0.1, 0.15) is 0 Å².